The first-order valence-electron chi connectivity index (χ1n) is 10.7. The highest BCUT2D eigenvalue weighted by Gasteiger charge is 2.27. The summed E-state index contributed by atoms with van der Waals surface area (Å²) >= 11 is 0. The van der Waals surface area contributed by atoms with Gasteiger partial charge in [-0.3, -0.25) is 14.2 Å². The number of amides is 1. The van der Waals surface area contributed by atoms with Gasteiger partial charge in [0.15, 0.2) is 0 Å². The van der Waals surface area contributed by atoms with Crippen molar-refractivity contribution in [3.05, 3.63) is 52.2 Å². The summed E-state index contributed by atoms with van der Waals surface area (Å²) in [6.45, 7) is 11.5. The number of furan rings is 2. The van der Waals surface area contributed by atoms with Crippen molar-refractivity contribution in [2.75, 3.05) is 13.2 Å². The van der Waals surface area contributed by atoms with Gasteiger partial charge in [-0.15, -0.1) is 0 Å². The first-order chi connectivity index (χ1) is 14.8. The molecule has 31 heavy (non-hydrogen) atoms. The fourth-order valence-electron chi connectivity index (χ4n) is 3.49. The SMILES string of the molecule is Cc1oc2ncn(CC(C)C)c(=O)c2c1C(=O)N(CCCOC(C)C)Cc1ccco1. The van der Waals surface area contributed by atoms with E-state index < -0.39 is 0 Å². The molecule has 0 aliphatic rings. The van der Waals surface area contributed by atoms with Crippen molar-refractivity contribution in [2.45, 2.75) is 60.2 Å². The molecule has 0 aliphatic carbocycles. The molecule has 0 saturated heterocycles. The van der Waals surface area contributed by atoms with Crippen molar-refractivity contribution < 1.29 is 18.4 Å². The Labute approximate surface area is 181 Å². The number of hydrogen-bond acceptors (Lipinski definition) is 6. The van der Waals surface area contributed by atoms with E-state index in [0.717, 1.165) is 0 Å². The van der Waals surface area contributed by atoms with Gasteiger partial charge in [-0.25, -0.2) is 4.98 Å². The Morgan fingerprint density at radius 1 is 1.29 bits per heavy atom. The first-order valence-corrected chi connectivity index (χ1v) is 10.7. The lowest BCUT2D eigenvalue weighted by molar-refractivity contribution is 0.0596. The molecule has 0 radical (unpaired) electrons. The third-order valence-electron chi connectivity index (χ3n) is 4.87. The molecule has 0 unspecified atom stereocenters. The topological polar surface area (TPSA) is 90.7 Å². The zero-order chi connectivity index (χ0) is 22.5. The van der Waals surface area contributed by atoms with Gasteiger partial charge in [0.05, 0.1) is 24.5 Å². The summed E-state index contributed by atoms with van der Waals surface area (Å²) in [5, 5.41) is 0.230. The van der Waals surface area contributed by atoms with Crippen molar-refractivity contribution in [1.29, 1.82) is 0 Å². The molecule has 8 heteroatoms. The summed E-state index contributed by atoms with van der Waals surface area (Å²) < 4.78 is 18.3. The second-order valence-electron chi connectivity index (χ2n) is 8.39. The normalized spacial score (nSPS) is 11.7. The van der Waals surface area contributed by atoms with Crippen LogP contribution in [-0.2, 0) is 17.8 Å². The Morgan fingerprint density at radius 3 is 2.71 bits per heavy atom. The first kappa shape index (κ1) is 22.8. The number of carbonyl (C=O) groups excluding carboxylic acids is 1. The molecule has 0 aliphatic heterocycles. The molecule has 3 aromatic rings. The zero-order valence-electron chi connectivity index (χ0n) is 18.9. The van der Waals surface area contributed by atoms with E-state index in [1.807, 2.05) is 33.8 Å². The Balaban J connectivity index is 1.95. The smallest absolute Gasteiger partial charge is 0.265 e. The zero-order valence-corrected chi connectivity index (χ0v) is 18.9. The van der Waals surface area contributed by atoms with Gasteiger partial charge < -0.3 is 18.5 Å². The molecular weight excluding hydrogens is 398 g/mol. The van der Waals surface area contributed by atoms with E-state index in [1.165, 1.54) is 10.9 Å². The van der Waals surface area contributed by atoms with Gasteiger partial charge in [0.1, 0.15) is 23.2 Å². The molecule has 0 spiro atoms. The minimum absolute atomic E-state index is 0.125. The van der Waals surface area contributed by atoms with Crippen LogP contribution in [0.4, 0.5) is 0 Å². The second kappa shape index (κ2) is 9.96. The number of aryl methyl sites for hydroxylation is 1. The van der Waals surface area contributed by atoms with E-state index in [-0.39, 0.29) is 40.2 Å². The fourth-order valence-corrected chi connectivity index (χ4v) is 3.49. The van der Waals surface area contributed by atoms with Gasteiger partial charge in [0, 0.05) is 19.7 Å². The quantitative estimate of drug-likeness (QED) is 0.452. The van der Waals surface area contributed by atoms with Crippen LogP contribution in [0.1, 0.15) is 56.0 Å². The van der Waals surface area contributed by atoms with Crippen molar-refractivity contribution in [1.82, 2.24) is 14.5 Å². The van der Waals surface area contributed by atoms with Gasteiger partial charge >= 0.3 is 0 Å². The Morgan fingerprint density at radius 2 is 2.06 bits per heavy atom. The molecule has 0 fully saturated rings. The molecule has 3 rings (SSSR count). The monoisotopic (exact) mass is 429 g/mol. The number of ether oxygens (including phenoxy) is 1. The summed E-state index contributed by atoms with van der Waals surface area (Å²) in [6.07, 6.45) is 3.84. The lowest BCUT2D eigenvalue weighted by Crippen LogP contribution is -2.33. The molecule has 0 aromatic carbocycles. The van der Waals surface area contributed by atoms with Crippen LogP contribution in [0.25, 0.3) is 11.1 Å². The molecule has 0 atom stereocenters. The number of carbonyl (C=O) groups is 1. The minimum Gasteiger partial charge on any atom is -0.467 e. The third kappa shape index (κ3) is 5.44. The van der Waals surface area contributed by atoms with Crippen LogP contribution >= 0.6 is 0 Å². The average Bonchev–Trinajstić information content (AvgIpc) is 3.32. The number of aromatic nitrogens is 2. The van der Waals surface area contributed by atoms with E-state index in [1.54, 1.807) is 24.2 Å². The molecule has 8 nitrogen and oxygen atoms in total. The summed E-state index contributed by atoms with van der Waals surface area (Å²) in [5.41, 5.74) is 0.189. The van der Waals surface area contributed by atoms with Gasteiger partial charge in [0.2, 0.25) is 5.71 Å². The van der Waals surface area contributed by atoms with E-state index in [9.17, 15) is 9.59 Å². The highest BCUT2D eigenvalue weighted by molar-refractivity contribution is 6.06. The van der Waals surface area contributed by atoms with Gasteiger partial charge in [-0.2, -0.15) is 0 Å². The predicted molar refractivity (Wildman–Crippen MR) is 117 cm³/mol. The Hall–Kier alpha value is -2.87. The number of fused-ring (bicyclic) bond motifs is 1. The maximum absolute atomic E-state index is 13.6. The van der Waals surface area contributed by atoms with Crippen LogP contribution in [0, 0.1) is 12.8 Å². The Kier molecular flexibility index (Phi) is 7.33. The Bertz CT molecular complexity index is 1060. The molecule has 1 amide bonds. The fraction of sp³-hybridized carbons (Fsp3) is 0.522. The van der Waals surface area contributed by atoms with Crippen LogP contribution in [0.15, 0.2) is 38.4 Å². The molecule has 0 N–H and O–H groups in total. The van der Waals surface area contributed by atoms with Crippen molar-refractivity contribution in [3.8, 4) is 0 Å². The molecule has 0 bridgehead atoms. The van der Waals surface area contributed by atoms with E-state index in [4.69, 9.17) is 13.6 Å². The van der Waals surface area contributed by atoms with Crippen molar-refractivity contribution in [2.24, 2.45) is 5.92 Å². The van der Waals surface area contributed by atoms with Crippen LogP contribution in [0.5, 0.6) is 0 Å². The van der Waals surface area contributed by atoms with Gasteiger partial charge in [-0.05, 0) is 45.2 Å². The van der Waals surface area contributed by atoms with E-state index in [2.05, 4.69) is 4.98 Å². The standard InChI is InChI=1S/C23H31N3O5/c1-15(2)12-26-14-24-21-20(23(26)28)19(17(5)31-21)22(27)25(9-7-11-29-16(3)4)13-18-8-6-10-30-18/h6,8,10,14-16H,7,9,11-13H2,1-5H3. The summed E-state index contributed by atoms with van der Waals surface area (Å²) in [6, 6.07) is 3.61. The summed E-state index contributed by atoms with van der Waals surface area (Å²) in [5.74, 6) is 1.03. The van der Waals surface area contributed by atoms with E-state index >= 15 is 0 Å². The molecule has 3 heterocycles. The lowest BCUT2D eigenvalue weighted by Gasteiger charge is -2.22. The molecular formula is C23H31N3O5. The molecule has 3 aromatic heterocycles. The van der Waals surface area contributed by atoms with Crippen molar-refractivity contribution >= 4 is 17.0 Å². The van der Waals surface area contributed by atoms with E-state index in [0.29, 0.717) is 44.2 Å². The van der Waals surface area contributed by atoms with Crippen LogP contribution in [-0.4, -0.2) is 39.6 Å². The van der Waals surface area contributed by atoms with Crippen LogP contribution in [0.2, 0.25) is 0 Å². The van der Waals surface area contributed by atoms with Crippen LogP contribution in [0.3, 0.4) is 0 Å². The molecule has 168 valence electrons. The minimum atomic E-state index is -0.279. The predicted octanol–water partition coefficient (Wildman–Crippen LogP) is 4.00. The summed E-state index contributed by atoms with van der Waals surface area (Å²) in [4.78, 5) is 32.7. The average molecular weight is 430 g/mol. The maximum Gasteiger partial charge on any atom is 0.265 e. The lowest BCUT2D eigenvalue weighted by atomic mass is 10.1. The maximum atomic E-state index is 13.6. The largest absolute Gasteiger partial charge is 0.467 e. The number of nitrogens with zero attached hydrogens (tertiary/aromatic N) is 3. The second-order valence-corrected chi connectivity index (χ2v) is 8.39. The van der Waals surface area contributed by atoms with Gasteiger partial charge in [0.25, 0.3) is 11.5 Å². The van der Waals surface area contributed by atoms with Gasteiger partial charge in [-0.1, -0.05) is 13.8 Å². The van der Waals surface area contributed by atoms with Crippen LogP contribution < -0.4 is 5.56 Å². The highest BCUT2D eigenvalue weighted by atomic mass is 16.5. The summed E-state index contributed by atoms with van der Waals surface area (Å²) in [7, 11) is 0. The third-order valence-corrected chi connectivity index (χ3v) is 4.87. The van der Waals surface area contributed by atoms with Crippen molar-refractivity contribution in [3.63, 3.8) is 0 Å². The number of rotatable bonds is 10. The molecule has 0 saturated carbocycles. The highest BCUT2D eigenvalue weighted by Crippen LogP contribution is 2.24. The number of hydrogen-bond donors (Lipinski definition) is 0.